The highest BCUT2D eigenvalue weighted by molar-refractivity contribution is 7.11. The van der Waals surface area contributed by atoms with Gasteiger partial charge in [-0.05, 0) is 27.7 Å². The van der Waals surface area contributed by atoms with E-state index >= 15 is 0 Å². The van der Waals surface area contributed by atoms with Crippen molar-refractivity contribution in [1.82, 2.24) is 14.8 Å². The molecule has 1 N–H and O–H groups in total. The summed E-state index contributed by atoms with van der Waals surface area (Å²) < 4.78 is 0. The average molecular weight is 283 g/mol. The molecule has 1 aromatic rings. The van der Waals surface area contributed by atoms with Crippen molar-refractivity contribution in [3.05, 3.63) is 15.6 Å². The van der Waals surface area contributed by atoms with Crippen LogP contribution in [0.15, 0.2) is 0 Å². The molecule has 1 fully saturated rings. The zero-order valence-electron chi connectivity index (χ0n) is 12.4. The summed E-state index contributed by atoms with van der Waals surface area (Å²) in [6.45, 7) is 13.9. The molecule has 1 aliphatic heterocycles. The minimum Gasteiger partial charge on any atom is -0.389 e. The van der Waals surface area contributed by atoms with Crippen LogP contribution in [0.25, 0.3) is 0 Å². The summed E-state index contributed by atoms with van der Waals surface area (Å²) in [6, 6.07) is 0. The second-order valence-corrected chi connectivity index (χ2v) is 7.40. The van der Waals surface area contributed by atoms with Crippen LogP contribution < -0.4 is 0 Å². The molecule has 1 saturated heterocycles. The summed E-state index contributed by atoms with van der Waals surface area (Å²) in [5.41, 5.74) is 0.576. The number of thiazole rings is 1. The van der Waals surface area contributed by atoms with Crippen LogP contribution in [0.2, 0.25) is 0 Å². The predicted octanol–water partition coefficient (Wildman–Crippen LogP) is 1.65. The molecule has 4 nitrogen and oxygen atoms in total. The second kappa shape index (κ2) is 5.87. The number of β-amino-alcohol motifs (C(OH)–C–C–N with tert-alkyl or cyclic N) is 1. The van der Waals surface area contributed by atoms with Crippen LogP contribution in [-0.2, 0) is 6.54 Å². The van der Waals surface area contributed by atoms with Gasteiger partial charge < -0.3 is 5.11 Å². The van der Waals surface area contributed by atoms with Crippen molar-refractivity contribution in [2.45, 2.75) is 39.8 Å². The fraction of sp³-hybridized carbons (Fsp3) is 0.786. The Morgan fingerprint density at radius 3 is 2.21 bits per heavy atom. The van der Waals surface area contributed by atoms with Crippen molar-refractivity contribution in [1.29, 1.82) is 0 Å². The van der Waals surface area contributed by atoms with E-state index in [1.807, 2.05) is 25.2 Å². The molecule has 0 aromatic carbocycles. The number of aromatic nitrogens is 1. The summed E-state index contributed by atoms with van der Waals surface area (Å²) in [5.74, 6) is 0. The Morgan fingerprint density at radius 2 is 1.74 bits per heavy atom. The molecule has 0 saturated carbocycles. The maximum atomic E-state index is 9.84. The van der Waals surface area contributed by atoms with E-state index in [-0.39, 0.29) is 0 Å². The van der Waals surface area contributed by atoms with Crippen molar-refractivity contribution < 1.29 is 5.11 Å². The average Bonchev–Trinajstić information content (AvgIpc) is 2.59. The van der Waals surface area contributed by atoms with Crippen LogP contribution in [0.5, 0.6) is 0 Å². The van der Waals surface area contributed by atoms with Gasteiger partial charge in [-0.1, -0.05) is 0 Å². The fourth-order valence-electron chi connectivity index (χ4n) is 2.45. The highest BCUT2D eigenvalue weighted by Gasteiger charge is 2.23. The molecule has 0 bridgehead atoms. The first-order chi connectivity index (χ1) is 8.83. The van der Waals surface area contributed by atoms with Gasteiger partial charge in [-0.3, -0.25) is 9.80 Å². The first-order valence-corrected chi connectivity index (χ1v) is 7.75. The molecule has 0 aliphatic carbocycles. The topological polar surface area (TPSA) is 39.6 Å². The summed E-state index contributed by atoms with van der Waals surface area (Å²) in [6.07, 6.45) is 0. The van der Waals surface area contributed by atoms with Gasteiger partial charge in [0.1, 0.15) is 5.01 Å². The van der Waals surface area contributed by atoms with E-state index in [2.05, 4.69) is 28.6 Å². The Balaban J connectivity index is 1.80. The third-order valence-electron chi connectivity index (χ3n) is 3.51. The lowest BCUT2D eigenvalue weighted by atomic mass is 10.1. The Hall–Kier alpha value is -0.490. The van der Waals surface area contributed by atoms with E-state index in [0.717, 1.165) is 39.3 Å². The van der Waals surface area contributed by atoms with Crippen LogP contribution in [0.4, 0.5) is 0 Å². The van der Waals surface area contributed by atoms with E-state index in [0.29, 0.717) is 0 Å². The van der Waals surface area contributed by atoms with Crippen molar-refractivity contribution >= 4 is 11.3 Å². The highest BCUT2D eigenvalue weighted by Crippen LogP contribution is 2.19. The number of nitrogens with zero attached hydrogens (tertiary/aromatic N) is 3. The van der Waals surface area contributed by atoms with Crippen LogP contribution in [-0.4, -0.2) is 58.2 Å². The number of rotatable bonds is 4. The number of aryl methyl sites for hydroxylation is 2. The Labute approximate surface area is 120 Å². The predicted molar refractivity (Wildman–Crippen MR) is 79.6 cm³/mol. The highest BCUT2D eigenvalue weighted by atomic mass is 32.1. The standard InChI is InChI=1S/C14H25N3OS/c1-11-12(2)19-13(15-11)9-16-5-7-17(8-6-16)10-14(3,4)18/h18H,5-10H2,1-4H3. The third-order valence-corrected chi connectivity index (χ3v) is 4.56. The molecule has 0 atom stereocenters. The summed E-state index contributed by atoms with van der Waals surface area (Å²) in [5, 5.41) is 11.1. The van der Waals surface area contributed by atoms with Crippen LogP contribution in [0.1, 0.15) is 29.4 Å². The number of hydrogen-bond acceptors (Lipinski definition) is 5. The van der Waals surface area contributed by atoms with Gasteiger partial charge in [0.15, 0.2) is 0 Å². The molecule has 0 spiro atoms. The van der Waals surface area contributed by atoms with Gasteiger partial charge in [0.2, 0.25) is 0 Å². The molecule has 108 valence electrons. The van der Waals surface area contributed by atoms with E-state index in [4.69, 9.17) is 0 Å². The molecular formula is C14H25N3OS. The van der Waals surface area contributed by atoms with Crippen molar-refractivity contribution in [2.24, 2.45) is 0 Å². The van der Waals surface area contributed by atoms with Crippen molar-refractivity contribution in [3.8, 4) is 0 Å². The normalized spacial score (nSPS) is 19.0. The lowest BCUT2D eigenvalue weighted by Gasteiger charge is -2.36. The van der Waals surface area contributed by atoms with E-state index in [1.165, 1.54) is 15.6 Å². The van der Waals surface area contributed by atoms with E-state index in [1.54, 1.807) is 0 Å². The molecule has 1 aromatic heterocycles. The lowest BCUT2D eigenvalue weighted by molar-refractivity contribution is 0.0166. The monoisotopic (exact) mass is 283 g/mol. The molecule has 2 heterocycles. The zero-order valence-corrected chi connectivity index (χ0v) is 13.3. The van der Waals surface area contributed by atoms with Crippen LogP contribution in [0.3, 0.4) is 0 Å². The third kappa shape index (κ3) is 4.53. The van der Waals surface area contributed by atoms with Gasteiger partial charge in [0.25, 0.3) is 0 Å². The van der Waals surface area contributed by atoms with E-state index in [9.17, 15) is 5.11 Å². The number of hydrogen-bond donors (Lipinski definition) is 1. The molecule has 5 heteroatoms. The minimum atomic E-state index is -0.592. The molecule has 19 heavy (non-hydrogen) atoms. The van der Waals surface area contributed by atoms with Crippen LogP contribution >= 0.6 is 11.3 Å². The quantitative estimate of drug-likeness (QED) is 0.912. The zero-order chi connectivity index (χ0) is 14.0. The van der Waals surface area contributed by atoms with Gasteiger partial charge >= 0.3 is 0 Å². The minimum absolute atomic E-state index is 0.592. The van der Waals surface area contributed by atoms with Gasteiger partial charge in [-0.25, -0.2) is 4.98 Å². The van der Waals surface area contributed by atoms with Gasteiger partial charge in [-0.15, -0.1) is 11.3 Å². The SMILES string of the molecule is Cc1nc(CN2CCN(CC(C)(C)O)CC2)sc1C. The fourth-order valence-corrected chi connectivity index (χ4v) is 3.43. The maximum absolute atomic E-state index is 9.84. The maximum Gasteiger partial charge on any atom is 0.107 e. The van der Waals surface area contributed by atoms with Crippen molar-refractivity contribution in [2.75, 3.05) is 32.7 Å². The molecule has 2 rings (SSSR count). The Kier molecular flexibility index (Phi) is 4.61. The molecule has 0 amide bonds. The Morgan fingerprint density at radius 1 is 1.16 bits per heavy atom. The Bertz CT molecular complexity index is 397. The molecule has 0 unspecified atom stereocenters. The summed E-state index contributed by atoms with van der Waals surface area (Å²) in [7, 11) is 0. The van der Waals surface area contributed by atoms with Crippen molar-refractivity contribution in [3.63, 3.8) is 0 Å². The second-order valence-electron chi connectivity index (χ2n) is 6.11. The smallest absolute Gasteiger partial charge is 0.107 e. The lowest BCUT2D eigenvalue weighted by Crippen LogP contribution is -2.50. The number of piperazine rings is 1. The first-order valence-electron chi connectivity index (χ1n) is 6.93. The molecular weight excluding hydrogens is 258 g/mol. The molecule has 0 radical (unpaired) electrons. The van der Waals surface area contributed by atoms with Crippen LogP contribution in [0, 0.1) is 13.8 Å². The largest absolute Gasteiger partial charge is 0.389 e. The summed E-state index contributed by atoms with van der Waals surface area (Å²) in [4.78, 5) is 10.7. The van der Waals surface area contributed by atoms with Gasteiger partial charge in [0.05, 0.1) is 17.8 Å². The first kappa shape index (κ1) is 14.9. The summed E-state index contributed by atoms with van der Waals surface area (Å²) >= 11 is 1.81. The number of aliphatic hydroxyl groups is 1. The van der Waals surface area contributed by atoms with E-state index < -0.39 is 5.60 Å². The van der Waals surface area contributed by atoms with Gasteiger partial charge in [0, 0.05) is 37.6 Å². The molecule has 1 aliphatic rings. The van der Waals surface area contributed by atoms with Gasteiger partial charge in [-0.2, -0.15) is 0 Å².